The lowest BCUT2D eigenvalue weighted by atomic mass is 10.1. The summed E-state index contributed by atoms with van der Waals surface area (Å²) in [5, 5.41) is 4.26. The lowest BCUT2D eigenvalue weighted by Gasteiger charge is -2.11. The zero-order chi connectivity index (χ0) is 18.1. The first-order valence-electron chi connectivity index (χ1n) is 7.85. The fourth-order valence-corrected chi connectivity index (χ4v) is 2.63. The average Bonchev–Trinajstić information content (AvgIpc) is 3.13. The minimum Gasteiger partial charge on any atom is -0.481 e. The molecule has 0 aliphatic carbocycles. The van der Waals surface area contributed by atoms with Gasteiger partial charge < -0.3 is 15.2 Å². The summed E-state index contributed by atoms with van der Waals surface area (Å²) in [5.74, 6) is 0.556. The molecule has 7 heteroatoms. The molecule has 0 atom stereocenters. The van der Waals surface area contributed by atoms with Crippen LogP contribution in [0.2, 0.25) is 0 Å². The molecule has 0 bridgehead atoms. The van der Waals surface area contributed by atoms with Gasteiger partial charge in [0.15, 0.2) is 17.3 Å². The molecule has 0 unspecified atom stereocenters. The van der Waals surface area contributed by atoms with E-state index < -0.39 is 5.82 Å². The molecule has 0 amide bonds. The third-order valence-electron chi connectivity index (χ3n) is 3.93. The van der Waals surface area contributed by atoms with E-state index in [1.807, 2.05) is 18.3 Å². The van der Waals surface area contributed by atoms with Crippen molar-refractivity contribution in [2.24, 2.45) is 0 Å². The average molecular weight is 350 g/mol. The van der Waals surface area contributed by atoms with E-state index in [0.717, 1.165) is 11.1 Å². The zero-order valence-corrected chi connectivity index (χ0v) is 13.9. The summed E-state index contributed by atoms with van der Waals surface area (Å²) >= 11 is 0. The molecular weight excluding hydrogens is 335 g/mol. The van der Waals surface area contributed by atoms with Crippen molar-refractivity contribution in [2.45, 2.75) is 0 Å². The fourth-order valence-electron chi connectivity index (χ4n) is 2.63. The zero-order valence-electron chi connectivity index (χ0n) is 13.9. The second-order valence-corrected chi connectivity index (χ2v) is 5.64. The van der Waals surface area contributed by atoms with E-state index >= 15 is 0 Å². The summed E-state index contributed by atoms with van der Waals surface area (Å²) in [7, 11) is 1.56. The molecule has 1 aromatic carbocycles. The van der Waals surface area contributed by atoms with Crippen LogP contribution in [0.5, 0.6) is 17.4 Å². The number of nitrogens with two attached hydrogens (primary N) is 1. The van der Waals surface area contributed by atoms with Gasteiger partial charge in [0.05, 0.1) is 13.3 Å². The maximum atomic E-state index is 14.1. The van der Waals surface area contributed by atoms with Crippen LogP contribution in [0, 0.1) is 5.82 Å². The minimum absolute atomic E-state index is 0.0901. The van der Waals surface area contributed by atoms with E-state index in [1.54, 1.807) is 42.2 Å². The van der Waals surface area contributed by atoms with Crippen LogP contribution >= 0.6 is 0 Å². The maximum Gasteiger partial charge on any atom is 0.212 e. The number of anilines is 1. The van der Waals surface area contributed by atoms with Crippen molar-refractivity contribution in [3.8, 4) is 28.5 Å². The number of ether oxygens (including phenoxy) is 2. The fraction of sp³-hybridized carbons (Fsp3) is 0.0526. The molecular formula is C19H15FN4O2. The molecule has 2 N–H and O–H groups in total. The van der Waals surface area contributed by atoms with Gasteiger partial charge in [0.2, 0.25) is 5.88 Å². The van der Waals surface area contributed by atoms with Gasteiger partial charge in [-0.1, -0.05) is 0 Å². The van der Waals surface area contributed by atoms with Gasteiger partial charge in [-0.3, -0.25) is 0 Å². The molecule has 26 heavy (non-hydrogen) atoms. The maximum absolute atomic E-state index is 14.1. The molecule has 0 fully saturated rings. The minimum atomic E-state index is -0.529. The highest BCUT2D eigenvalue weighted by atomic mass is 19.1. The van der Waals surface area contributed by atoms with Crippen molar-refractivity contribution >= 4 is 11.2 Å². The number of nitrogen functional groups attached to an aromatic ring is 1. The van der Waals surface area contributed by atoms with Crippen LogP contribution in [0.4, 0.5) is 10.1 Å². The number of hydrogen-bond donors (Lipinski definition) is 1. The number of pyridine rings is 2. The first-order chi connectivity index (χ1) is 12.6. The highest BCUT2D eigenvalue weighted by molar-refractivity contribution is 5.71. The third kappa shape index (κ3) is 2.90. The summed E-state index contributed by atoms with van der Waals surface area (Å²) in [5.41, 5.74) is 8.32. The smallest absolute Gasteiger partial charge is 0.212 e. The molecule has 4 aromatic rings. The summed E-state index contributed by atoms with van der Waals surface area (Å²) in [6.07, 6.45) is 5.19. The van der Waals surface area contributed by atoms with Gasteiger partial charge in [0.25, 0.3) is 0 Å². The third-order valence-corrected chi connectivity index (χ3v) is 3.93. The van der Waals surface area contributed by atoms with Gasteiger partial charge in [-0.25, -0.2) is 13.9 Å². The Hall–Kier alpha value is -3.61. The predicted molar refractivity (Wildman–Crippen MR) is 95.9 cm³/mol. The number of fused-ring (bicyclic) bond motifs is 1. The van der Waals surface area contributed by atoms with E-state index in [0.29, 0.717) is 22.8 Å². The van der Waals surface area contributed by atoms with Crippen LogP contribution in [0.15, 0.2) is 61.1 Å². The summed E-state index contributed by atoms with van der Waals surface area (Å²) < 4.78 is 26.7. The molecule has 6 nitrogen and oxygen atoms in total. The number of methoxy groups -OCH3 is 1. The SMILES string of the molecule is COc1ccc(-c2cc(Oc3ccc(N)cc3F)c3ccnn3c2)cn1. The van der Waals surface area contributed by atoms with Crippen LogP contribution in [-0.4, -0.2) is 21.7 Å². The van der Waals surface area contributed by atoms with Crippen molar-refractivity contribution in [3.05, 3.63) is 66.9 Å². The highest BCUT2D eigenvalue weighted by Gasteiger charge is 2.12. The van der Waals surface area contributed by atoms with Crippen molar-refractivity contribution in [1.29, 1.82) is 0 Å². The molecule has 4 rings (SSSR count). The van der Waals surface area contributed by atoms with Crippen LogP contribution in [0.25, 0.3) is 16.6 Å². The molecule has 130 valence electrons. The molecule has 0 saturated heterocycles. The van der Waals surface area contributed by atoms with Gasteiger partial charge in [0.1, 0.15) is 5.52 Å². The molecule has 0 radical (unpaired) electrons. The number of benzene rings is 1. The Kier molecular flexibility index (Phi) is 3.89. The Morgan fingerprint density at radius 1 is 1.04 bits per heavy atom. The van der Waals surface area contributed by atoms with Crippen molar-refractivity contribution in [3.63, 3.8) is 0 Å². The van der Waals surface area contributed by atoms with E-state index in [9.17, 15) is 4.39 Å². The van der Waals surface area contributed by atoms with Crippen LogP contribution in [0.3, 0.4) is 0 Å². The van der Waals surface area contributed by atoms with Gasteiger partial charge >= 0.3 is 0 Å². The highest BCUT2D eigenvalue weighted by Crippen LogP contribution is 2.33. The quantitative estimate of drug-likeness (QED) is 0.565. The first-order valence-corrected chi connectivity index (χ1v) is 7.85. The molecule has 3 aromatic heterocycles. The molecule has 0 aliphatic rings. The van der Waals surface area contributed by atoms with Crippen molar-refractivity contribution in [1.82, 2.24) is 14.6 Å². The van der Waals surface area contributed by atoms with Crippen LogP contribution < -0.4 is 15.2 Å². The second-order valence-electron chi connectivity index (χ2n) is 5.64. The number of nitrogens with zero attached hydrogens (tertiary/aromatic N) is 3. The Labute approximate surface area is 148 Å². The van der Waals surface area contributed by atoms with Crippen LogP contribution in [0.1, 0.15) is 0 Å². The first kappa shape index (κ1) is 15.9. The Morgan fingerprint density at radius 2 is 1.92 bits per heavy atom. The normalized spacial score (nSPS) is 10.8. The number of hydrogen-bond acceptors (Lipinski definition) is 5. The number of aromatic nitrogens is 3. The standard InChI is InChI=1S/C19H15FN4O2/c1-25-19-5-2-12(10-22-19)13-8-18(16-6-7-23-24(16)11-13)26-17-4-3-14(21)9-15(17)20/h2-11H,21H2,1H3. The summed E-state index contributed by atoms with van der Waals surface area (Å²) in [6, 6.07) is 11.6. The summed E-state index contributed by atoms with van der Waals surface area (Å²) in [6.45, 7) is 0. The summed E-state index contributed by atoms with van der Waals surface area (Å²) in [4.78, 5) is 4.21. The van der Waals surface area contributed by atoms with E-state index in [-0.39, 0.29) is 5.75 Å². The molecule has 0 aliphatic heterocycles. The van der Waals surface area contributed by atoms with Crippen molar-refractivity contribution < 1.29 is 13.9 Å². The lowest BCUT2D eigenvalue weighted by Crippen LogP contribution is -1.96. The van der Waals surface area contributed by atoms with Crippen LogP contribution in [-0.2, 0) is 0 Å². The van der Waals surface area contributed by atoms with Crippen molar-refractivity contribution in [2.75, 3.05) is 12.8 Å². The van der Waals surface area contributed by atoms with Gasteiger partial charge in [-0.05, 0) is 30.3 Å². The molecule has 3 heterocycles. The molecule has 0 saturated carbocycles. The lowest BCUT2D eigenvalue weighted by molar-refractivity contribution is 0.398. The van der Waals surface area contributed by atoms with E-state index in [2.05, 4.69) is 10.1 Å². The Balaban J connectivity index is 1.79. The van der Waals surface area contributed by atoms with Gasteiger partial charge in [-0.2, -0.15) is 5.10 Å². The second kappa shape index (κ2) is 6.36. The van der Waals surface area contributed by atoms with E-state index in [4.69, 9.17) is 15.2 Å². The number of rotatable bonds is 4. The largest absolute Gasteiger partial charge is 0.481 e. The number of halogens is 1. The van der Waals surface area contributed by atoms with Gasteiger partial charge in [-0.15, -0.1) is 0 Å². The monoisotopic (exact) mass is 350 g/mol. The Morgan fingerprint density at radius 3 is 2.65 bits per heavy atom. The topological polar surface area (TPSA) is 74.7 Å². The Bertz CT molecular complexity index is 1080. The van der Waals surface area contributed by atoms with E-state index in [1.165, 1.54) is 12.1 Å². The van der Waals surface area contributed by atoms with Gasteiger partial charge in [0, 0.05) is 41.3 Å². The molecule has 0 spiro atoms. The predicted octanol–water partition coefficient (Wildman–Crippen LogP) is 3.92.